The molecule has 0 aromatic carbocycles. The Bertz CT molecular complexity index is 300. The lowest BCUT2D eigenvalue weighted by atomic mass is 10.2. The predicted octanol–water partition coefficient (Wildman–Crippen LogP) is 2.03. The first kappa shape index (κ1) is 9.93. The fraction of sp³-hybridized carbons (Fsp3) is 0.700. The van der Waals surface area contributed by atoms with E-state index in [1.165, 1.54) is 0 Å². The van der Waals surface area contributed by atoms with E-state index in [2.05, 4.69) is 22.6 Å². The van der Waals surface area contributed by atoms with Crippen molar-refractivity contribution in [1.29, 1.82) is 0 Å². The number of hydrogen-bond donors (Lipinski definition) is 2. The Kier molecular flexibility index (Phi) is 3.03. The summed E-state index contributed by atoms with van der Waals surface area (Å²) in [6.07, 6.45) is 3.88. The van der Waals surface area contributed by atoms with Crippen LogP contribution in [0.1, 0.15) is 31.9 Å². The zero-order chi connectivity index (χ0) is 9.97. The number of aliphatic hydroxyl groups excluding tert-OH is 1. The van der Waals surface area contributed by atoms with Gasteiger partial charge in [0.25, 0.3) is 0 Å². The minimum Gasteiger partial charge on any atom is -0.391 e. The Morgan fingerprint density at radius 2 is 2.50 bits per heavy atom. The molecule has 2 rings (SSSR count). The lowest BCUT2D eigenvalue weighted by Crippen LogP contribution is -2.27. The fourth-order valence-electron chi connectivity index (χ4n) is 1.80. The first-order valence-electron chi connectivity index (χ1n) is 5.18. The zero-order valence-corrected chi connectivity index (χ0v) is 9.18. The van der Waals surface area contributed by atoms with E-state index in [1.54, 1.807) is 11.3 Å². The number of anilines is 1. The van der Waals surface area contributed by atoms with Crippen molar-refractivity contribution in [3.05, 3.63) is 11.1 Å². The molecule has 2 unspecified atom stereocenters. The minimum absolute atomic E-state index is 0.191. The third-order valence-corrected chi connectivity index (χ3v) is 3.52. The fourth-order valence-corrected chi connectivity index (χ4v) is 2.66. The number of aromatic nitrogens is 1. The molecule has 0 saturated heterocycles. The molecule has 1 aromatic heterocycles. The Hall–Kier alpha value is -0.610. The summed E-state index contributed by atoms with van der Waals surface area (Å²) in [5.74, 6) is 0. The lowest BCUT2D eigenvalue weighted by Gasteiger charge is -2.14. The van der Waals surface area contributed by atoms with Crippen molar-refractivity contribution in [2.75, 3.05) is 5.32 Å². The molecule has 78 valence electrons. The molecule has 0 aliphatic heterocycles. The molecule has 2 N–H and O–H groups in total. The molecule has 0 amide bonds. The first-order valence-corrected chi connectivity index (χ1v) is 6.06. The summed E-state index contributed by atoms with van der Waals surface area (Å²) in [6.45, 7) is 2.10. The summed E-state index contributed by atoms with van der Waals surface area (Å²) in [7, 11) is 0. The third-order valence-electron chi connectivity index (χ3n) is 2.70. The maximum absolute atomic E-state index is 9.63. The van der Waals surface area contributed by atoms with E-state index < -0.39 is 0 Å². The van der Waals surface area contributed by atoms with Crippen molar-refractivity contribution < 1.29 is 5.11 Å². The SMILES string of the molecule is CCc1csc(NC2CCCC2O)n1. The average molecular weight is 212 g/mol. The van der Waals surface area contributed by atoms with Gasteiger partial charge in [-0.25, -0.2) is 4.98 Å². The molecule has 1 aliphatic rings. The number of nitrogens with zero attached hydrogens (tertiary/aromatic N) is 1. The average Bonchev–Trinajstić information content (AvgIpc) is 2.77. The largest absolute Gasteiger partial charge is 0.391 e. The molecule has 4 heteroatoms. The quantitative estimate of drug-likeness (QED) is 0.806. The smallest absolute Gasteiger partial charge is 0.183 e. The molecule has 0 spiro atoms. The minimum atomic E-state index is -0.191. The van der Waals surface area contributed by atoms with Crippen LogP contribution in [-0.2, 0) is 6.42 Å². The van der Waals surface area contributed by atoms with Gasteiger partial charge in [0, 0.05) is 5.38 Å². The highest BCUT2D eigenvalue weighted by atomic mass is 32.1. The molecule has 1 aromatic rings. The van der Waals surface area contributed by atoms with E-state index in [9.17, 15) is 5.11 Å². The summed E-state index contributed by atoms with van der Waals surface area (Å²) in [5.41, 5.74) is 1.13. The van der Waals surface area contributed by atoms with Crippen LogP contribution in [0.5, 0.6) is 0 Å². The van der Waals surface area contributed by atoms with Crippen LogP contribution in [0.4, 0.5) is 5.13 Å². The molecule has 1 fully saturated rings. The number of thiazole rings is 1. The van der Waals surface area contributed by atoms with Crippen LogP contribution in [0, 0.1) is 0 Å². The lowest BCUT2D eigenvalue weighted by molar-refractivity contribution is 0.172. The summed E-state index contributed by atoms with van der Waals surface area (Å²) >= 11 is 1.63. The number of hydrogen-bond acceptors (Lipinski definition) is 4. The number of aliphatic hydroxyl groups is 1. The Balaban J connectivity index is 1.96. The van der Waals surface area contributed by atoms with E-state index in [0.717, 1.165) is 36.5 Å². The van der Waals surface area contributed by atoms with Crippen LogP contribution in [0.25, 0.3) is 0 Å². The van der Waals surface area contributed by atoms with Gasteiger partial charge in [-0.15, -0.1) is 11.3 Å². The van der Waals surface area contributed by atoms with Crippen LogP contribution >= 0.6 is 11.3 Å². The number of aryl methyl sites for hydroxylation is 1. The van der Waals surface area contributed by atoms with Crippen molar-refractivity contribution >= 4 is 16.5 Å². The maximum Gasteiger partial charge on any atom is 0.183 e. The van der Waals surface area contributed by atoms with E-state index in [4.69, 9.17) is 0 Å². The van der Waals surface area contributed by atoms with Crippen LogP contribution in [0.2, 0.25) is 0 Å². The van der Waals surface area contributed by atoms with Crippen molar-refractivity contribution in [1.82, 2.24) is 4.98 Å². The monoisotopic (exact) mass is 212 g/mol. The Morgan fingerprint density at radius 3 is 3.07 bits per heavy atom. The van der Waals surface area contributed by atoms with Gasteiger partial charge in [0.2, 0.25) is 0 Å². The summed E-state index contributed by atoms with van der Waals surface area (Å²) in [6, 6.07) is 0.214. The van der Waals surface area contributed by atoms with Crippen molar-refractivity contribution in [2.24, 2.45) is 0 Å². The number of rotatable bonds is 3. The van der Waals surface area contributed by atoms with Crippen LogP contribution in [0.3, 0.4) is 0 Å². The highest BCUT2D eigenvalue weighted by Gasteiger charge is 2.25. The standard InChI is InChI=1S/C10H16N2OS/c1-2-7-6-14-10(11-7)12-8-4-3-5-9(8)13/h6,8-9,13H,2-5H2,1H3,(H,11,12). The van der Waals surface area contributed by atoms with Crippen LogP contribution in [0.15, 0.2) is 5.38 Å². The van der Waals surface area contributed by atoms with E-state index >= 15 is 0 Å². The molecular formula is C10H16N2OS. The second kappa shape index (κ2) is 4.28. The molecule has 14 heavy (non-hydrogen) atoms. The van der Waals surface area contributed by atoms with Crippen LogP contribution < -0.4 is 5.32 Å². The maximum atomic E-state index is 9.63. The number of nitrogens with one attached hydrogen (secondary N) is 1. The van der Waals surface area contributed by atoms with Gasteiger partial charge in [0.05, 0.1) is 17.8 Å². The Labute approximate surface area is 88.2 Å². The zero-order valence-electron chi connectivity index (χ0n) is 8.36. The molecule has 2 atom stereocenters. The molecular weight excluding hydrogens is 196 g/mol. The van der Waals surface area contributed by atoms with Gasteiger partial charge in [0.15, 0.2) is 5.13 Å². The van der Waals surface area contributed by atoms with E-state index in [1.807, 2.05) is 0 Å². The van der Waals surface area contributed by atoms with Gasteiger partial charge < -0.3 is 10.4 Å². The summed E-state index contributed by atoms with van der Waals surface area (Å²) < 4.78 is 0. The topological polar surface area (TPSA) is 45.1 Å². The summed E-state index contributed by atoms with van der Waals surface area (Å²) in [5, 5.41) is 16.0. The summed E-state index contributed by atoms with van der Waals surface area (Å²) in [4.78, 5) is 4.42. The van der Waals surface area contributed by atoms with Crippen molar-refractivity contribution in [3.63, 3.8) is 0 Å². The van der Waals surface area contributed by atoms with Crippen molar-refractivity contribution in [3.8, 4) is 0 Å². The second-order valence-corrected chi connectivity index (χ2v) is 4.60. The van der Waals surface area contributed by atoms with Gasteiger partial charge in [-0.2, -0.15) is 0 Å². The molecule has 1 heterocycles. The predicted molar refractivity (Wildman–Crippen MR) is 58.8 cm³/mol. The molecule has 1 aliphatic carbocycles. The molecule has 3 nitrogen and oxygen atoms in total. The second-order valence-electron chi connectivity index (χ2n) is 3.75. The van der Waals surface area contributed by atoms with E-state index in [0.29, 0.717) is 0 Å². The van der Waals surface area contributed by atoms with Gasteiger partial charge in [-0.05, 0) is 25.7 Å². The van der Waals surface area contributed by atoms with Gasteiger partial charge in [-0.3, -0.25) is 0 Å². The third kappa shape index (κ3) is 2.07. The highest BCUT2D eigenvalue weighted by Crippen LogP contribution is 2.24. The normalized spacial score (nSPS) is 26.7. The molecule has 1 saturated carbocycles. The van der Waals surface area contributed by atoms with Gasteiger partial charge in [-0.1, -0.05) is 6.92 Å². The van der Waals surface area contributed by atoms with Gasteiger partial charge >= 0.3 is 0 Å². The molecule has 0 radical (unpaired) electrons. The van der Waals surface area contributed by atoms with E-state index in [-0.39, 0.29) is 12.1 Å². The van der Waals surface area contributed by atoms with Crippen LogP contribution in [-0.4, -0.2) is 22.2 Å². The molecule has 0 bridgehead atoms. The first-order chi connectivity index (χ1) is 6.79. The van der Waals surface area contributed by atoms with Gasteiger partial charge in [0.1, 0.15) is 0 Å². The van der Waals surface area contributed by atoms with Crippen molar-refractivity contribution in [2.45, 2.75) is 44.8 Å². The Morgan fingerprint density at radius 1 is 1.64 bits per heavy atom. The highest BCUT2D eigenvalue weighted by molar-refractivity contribution is 7.13.